The molecule has 7 heteroatoms. The van der Waals surface area contributed by atoms with Gasteiger partial charge in [-0.25, -0.2) is 4.79 Å². The molecule has 0 aliphatic heterocycles. The number of thiocarbonyl (C=S) groups is 1. The Bertz CT molecular complexity index is 781. The van der Waals surface area contributed by atoms with E-state index in [0.29, 0.717) is 15.8 Å². The van der Waals surface area contributed by atoms with Gasteiger partial charge in [-0.15, -0.1) is 11.3 Å². The minimum Gasteiger partial charge on any atom is -0.480 e. The Morgan fingerprint density at radius 3 is 2.64 bits per heavy atom. The van der Waals surface area contributed by atoms with Gasteiger partial charge in [-0.05, 0) is 51.3 Å². The fourth-order valence-corrected chi connectivity index (χ4v) is 3.30. The van der Waals surface area contributed by atoms with Crippen LogP contribution in [-0.4, -0.2) is 23.2 Å². The van der Waals surface area contributed by atoms with E-state index in [-0.39, 0.29) is 6.61 Å². The summed E-state index contributed by atoms with van der Waals surface area (Å²) in [5, 5.41) is 5.57. The van der Waals surface area contributed by atoms with Crippen LogP contribution < -0.4 is 10.1 Å². The van der Waals surface area contributed by atoms with Crippen LogP contribution in [0.3, 0.4) is 0 Å². The van der Waals surface area contributed by atoms with Gasteiger partial charge in [0.2, 0.25) is 0 Å². The molecule has 0 unspecified atom stereocenters. The van der Waals surface area contributed by atoms with Crippen molar-refractivity contribution in [2.45, 2.75) is 33.3 Å². The van der Waals surface area contributed by atoms with Crippen molar-refractivity contribution in [1.29, 1.82) is 0 Å². The summed E-state index contributed by atoms with van der Waals surface area (Å²) in [5.74, 6) is -0.0614. The number of halogens is 1. The highest BCUT2D eigenvalue weighted by molar-refractivity contribution is 7.81. The normalized spacial score (nSPS) is 11.1. The van der Waals surface area contributed by atoms with Crippen LogP contribution in [-0.2, 0) is 9.53 Å². The van der Waals surface area contributed by atoms with Crippen molar-refractivity contribution in [3.8, 4) is 5.75 Å². The molecule has 134 valence electrons. The lowest BCUT2D eigenvalue weighted by Crippen LogP contribution is -2.27. The van der Waals surface area contributed by atoms with E-state index in [9.17, 15) is 4.79 Å². The summed E-state index contributed by atoms with van der Waals surface area (Å²) < 4.78 is 10.7. The number of hydrogen-bond acceptors (Lipinski definition) is 5. The molecule has 1 N–H and O–H groups in total. The van der Waals surface area contributed by atoms with Crippen molar-refractivity contribution in [1.82, 2.24) is 0 Å². The molecule has 2 rings (SSSR count). The molecule has 0 saturated heterocycles. The van der Waals surface area contributed by atoms with Crippen molar-refractivity contribution in [2.75, 3.05) is 11.9 Å². The molecule has 0 bridgehead atoms. The average Bonchev–Trinajstić information content (AvgIpc) is 2.92. The maximum Gasteiger partial charge on any atom is 0.344 e. The lowest BCUT2D eigenvalue weighted by molar-refractivity contribution is -0.157. The van der Waals surface area contributed by atoms with Gasteiger partial charge in [0.15, 0.2) is 6.61 Å². The van der Waals surface area contributed by atoms with Gasteiger partial charge in [-0.1, -0.05) is 23.8 Å². The first-order chi connectivity index (χ1) is 11.7. The standard InChI is InChI=1S/C18H20ClNO3S2/c1-11-13(7-8-25-11)17(24)20-12-5-6-14(19)15(9-12)22-10-16(21)23-18(2,3)4/h5-9H,10H2,1-4H3,(H,20,24). The van der Waals surface area contributed by atoms with Crippen LogP contribution in [0.5, 0.6) is 5.75 Å². The monoisotopic (exact) mass is 397 g/mol. The van der Waals surface area contributed by atoms with Crippen LogP contribution in [0.4, 0.5) is 5.69 Å². The average molecular weight is 398 g/mol. The first kappa shape index (κ1) is 19.7. The van der Waals surface area contributed by atoms with Gasteiger partial charge in [-0.3, -0.25) is 0 Å². The Morgan fingerprint density at radius 2 is 2.04 bits per heavy atom. The van der Waals surface area contributed by atoms with Gasteiger partial charge < -0.3 is 14.8 Å². The molecule has 0 fully saturated rings. The van der Waals surface area contributed by atoms with Crippen LogP contribution in [0.1, 0.15) is 31.2 Å². The van der Waals surface area contributed by atoms with E-state index >= 15 is 0 Å². The van der Waals surface area contributed by atoms with Gasteiger partial charge >= 0.3 is 5.97 Å². The second-order valence-electron chi connectivity index (χ2n) is 6.36. The Labute approximate surface area is 162 Å². The number of anilines is 1. The molecule has 0 spiro atoms. The van der Waals surface area contributed by atoms with E-state index in [0.717, 1.165) is 16.1 Å². The highest BCUT2D eigenvalue weighted by Gasteiger charge is 2.17. The zero-order chi connectivity index (χ0) is 18.6. The summed E-state index contributed by atoms with van der Waals surface area (Å²) in [6.07, 6.45) is 0. The summed E-state index contributed by atoms with van der Waals surface area (Å²) in [6.45, 7) is 7.21. The Morgan fingerprint density at radius 1 is 1.32 bits per heavy atom. The second-order valence-corrected chi connectivity index (χ2v) is 8.30. The molecule has 1 heterocycles. The highest BCUT2D eigenvalue weighted by atomic mass is 35.5. The summed E-state index contributed by atoms with van der Waals surface area (Å²) >= 11 is 13.2. The number of esters is 1. The molecule has 0 amide bonds. The number of carbonyl (C=O) groups excluding carboxylic acids is 1. The number of nitrogens with one attached hydrogen (secondary N) is 1. The van der Waals surface area contributed by atoms with E-state index in [1.165, 1.54) is 0 Å². The van der Waals surface area contributed by atoms with Crippen LogP contribution in [0.2, 0.25) is 5.02 Å². The van der Waals surface area contributed by atoms with Gasteiger partial charge in [-0.2, -0.15) is 0 Å². The molecule has 0 aliphatic carbocycles. The number of aryl methyl sites for hydroxylation is 1. The molecule has 4 nitrogen and oxygen atoms in total. The maximum atomic E-state index is 11.8. The van der Waals surface area contributed by atoms with E-state index < -0.39 is 11.6 Å². The smallest absolute Gasteiger partial charge is 0.344 e. The Hall–Kier alpha value is -1.63. The molecule has 0 saturated carbocycles. The quantitative estimate of drug-likeness (QED) is 0.553. The Balaban J connectivity index is 2.03. The van der Waals surface area contributed by atoms with Crippen LogP contribution in [0.15, 0.2) is 29.6 Å². The van der Waals surface area contributed by atoms with E-state index in [4.69, 9.17) is 33.3 Å². The highest BCUT2D eigenvalue weighted by Crippen LogP contribution is 2.29. The molecule has 1 aromatic carbocycles. The predicted octanol–water partition coefficient (Wildman–Crippen LogP) is 5.22. The topological polar surface area (TPSA) is 47.6 Å². The molecule has 0 radical (unpaired) electrons. The number of carbonyl (C=O) groups is 1. The van der Waals surface area contributed by atoms with Gasteiger partial charge in [0.25, 0.3) is 0 Å². The van der Waals surface area contributed by atoms with E-state index in [1.54, 1.807) is 50.3 Å². The Kier molecular flexibility index (Phi) is 6.43. The number of ether oxygens (including phenoxy) is 2. The lowest BCUT2D eigenvalue weighted by Gasteiger charge is -2.19. The van der Waals surface area contributed by atoms with E-state index in [2.05, 4.69) is 5.32 Å². The third kappa shape index (κ3) is 5.99. The van der Waals surface area contributed by atoms with Crippen LogP contribution >= 0.6 is 35.2 Å². The number of thiophene rings is 1. The maximum absolute atomic E-state index is 11.8. The third-order valence-corrected chi connectivity index (χ3v) is 4.54. The number of benzene rings is 1. The molecule has 1 aromatic heterocycles. The zero-order valence-corrected chi connectivity index (χ0v) is 16.9. The fraction of sp³-hybridized carbons (Fsp3) is 0.333. The molecular weight excluding hydrogens is 378 g/mol. The summed E-state index contributed by atoms with van der Waals surface area (Å²) in [6, 6.07) is 7.18. The van der Waals surface area contributed by atoms with E-state index in [1.807, 2.05) is 18.4 Å². The van der Waals surface area contributed by atoms with Crippen molar-refractivity contribution in [3.63, 3.8) is 0 Å². The van der Waals surface area contributed by atoms with Gasteiger partial charge in [0, 0.05) is 22.2 Å². The minimum absolute atomic E-state index is 0.214. The van der Waals surface area contributed by atoms with Crippen molar-refractivity contribution in [3.05, 3.63) is 45.1 Å². The van der Waals surface area contributed by atoms with Crippen molar-refractivity contribution < 1.29 is 14.3 Å². The second kappa shape index (κ2) is 8.17. The summed E-state index contributed by atoms with van der Waals surface area (Å²) in [7, 11) is 0. The number of rotatable bonds is 5. The summed E-state index contributed by atoms with van der Waals surface area (Å²) in [4.78, 5) is 13.5. The van der Waals surface area contributed by atoms with Crippen molar-refractivity contribution in [2.24, 2.45) is 0 Å². The predicted molar refractivity (Wildman–Crippen MR) is 107 cm³/mol. The molecule has 25 heavy (non-hydrogen) atoms. The molecule has 2 aromatic rings. The molecule has 0 atom stereocenters. The molecular formula is C18H20ClNO3S2. The van der Waals surface area contributed by atoms with Crippen LogP contribution in [0.25, 0.3) is 0 Å². The molecule has 0 aliphatic rings. The lowest BCUT2D eigenvalue weighted by atomic mass is 10.2. The first-order valence-electron chi connectivity index (χ1n) is 7.65. The first-order valence-corrected chi connectivity index (χ1v) is 9.32. The fourth-order valence-electron chi connectivity index (χ4n) is 2.02. The van der Waals surface area contributed by atoms with Crippen molar-refractivity contribution >= 4 is 51.8 Å². The van der Waals surface area contributed by atoms with Crippen LogP contribution in [0, 0.1) is 6.92 Å². The van der Waals surface area contributed by atoms with Gasteiger partial charge in [0.1, 0.15) is 16.3 Å². The van der Waals surface area contributed by atoms with Gasteiger partial charge in [0.05, 0.1) is 5.02 Å². The minimum atomic E-state index is -0.557. The SMILES string of the molecule is Cc1sccc1C(=S)Nc1ccc(Cl)c(OCC(=O)OC(C)(C)C)c1. The largest absolute Gasteiger partial charge is 0.480 e. The number of hydrogen-bond donors (Lipinski definition) is 1. The third-order valence-electron chi connectivity index (χ3n) is 3.06. The summed E-state index contributed by atoms with van der Waals surface area (Å²) in [5.41, 5.74) is 1.17. The zero-order valence-electron chi connectivity index (χ0n) is 14.5.